The summed E-state index contributed by atoms with van der Waals surface area (Å²) < 4.78 is 10.5. The van der Waals surface area contributed by atoms with Crippen LogP contribution in [-0.4, -0.2) is 33.5 Å². The van der Waals surface area contributed by atoms with E-state index in [4.69, 9.17) is 9.47 Å². The SMILES string of the molecule is CCCOCCNc1ccccc1CCOC. The van der Waals surface area contributed by atoms with Gasteiger partial charge in [-0.2, -0.15) is 0 Å². The molecule has 0 bridgehead atoms. The molecule has 1 aromatic rings. The van der Waals surface area contributed by atoms with Crippen LogP contribution in [0.15, 0.2) is 24.3 Å². The van der Waals surface area contributed by atoms with Crippen LogP contribution in [-0.2, 0) is 15.9 Å². The molecule has 0 saturated carbocycles. The monoisotopic (exact) mass is 237 g/mol. The molecule has 0 aliphatic rings. The van der Waals surface area contributed by atoms with Gasteiger partial charge in [0.2, 0.25) is 0 Å². The third-order valence-electron chi connectivity index (χ3n) is 2.50. The summed E-state index contributed by atoms with van der Waals surface area (Å²) in [6.45, 7) is 5.32. The molecule has 17 heavy (non-hydrogen) atoms. The lowest BCUT2D eigenvalue weighted by atomic mass is 10.1. The molecular weight excluding hydrogens is 214 g/mol. The van der Waals surface area contributed by atoms with E-state index < -0.39 is 0 Å². The summed E-state index contributed by atoms with van der Waals surface area (Å²) in [5, 5.41) is 3.40. The Morgan fingerprint density at radius 3 is 2.71 bits per heavy atom. The van der Waals surface area contributed by atoms with Gasteiger partial charge in [-0.05, 0) is 24.5 Å². The fourth-order valence-electron chi connectivity index (χ4n) is 1.63. The van der Waals surface area contributed by atoms with Crippen LogP contribution in [0.2, 0.25) is 0 Å². The number of hydrogen-bond donors (Lipinski definition) is 1. The molecule has 0 saturated heterocycles. The van der Waals surface area contributed by atoms with E-state index >= 15 is 0 Å². The smallest absolute Gasteiger partial charge is 0.0639 e. The maximum Gasteiger partial charge on any atom is 0.0639 e. The predicted molar refractivity (Wildman–Crippen MR) is 71.6 cm³/mol. The van der Waals surface area contributed by atoms with E-state index in [-0.39, 0.29) is 0 Å². The maximum absolute atomic E-state index is 5.44. The summed E-state index contributed by atoms with van der Waals surface area (Å²) in [7, 11) is 1.73. The van der Waals surface area contributed by atoms with Crippen molar-refractivity contribution in [1.82, 2.24) is 0 Å². The van der Waals surface area contributed by atoms with Gasteiger partial charge in [0.15, 0.2) is 0 Å². The highest BCUT2D eigenvalue weighted by Crippen LogP contribution is 2.15. The number of ether oxygens (including phenoxy) is 2. The van der Waals surface area contributed by atoms with E-state index in [0.29, 0.717) is 0 Å². The Hall–Kier alpha value is -1.06. The molecule has 0 radical (unpaired) electrons. The van der Waals surface area contributed by atoms with Crippen molar-refractivity contribution in [3.05, 3.63) is 29.8 Å². The topological polar surface area (TPSA) is 30.5 Å². The van der Waals surface area contributed by atoms with Gasteiger partial charge in [0.05, 0.1) is 13.2 Å². The Kier molecular flexibility index (Phi) is 7.43. The number of rotatable bonds is 9. The average Bonchev–Trinajstić information content (AvgIpc) is 2.37. The van der Waals surface area contributed by atoms with Gasteiger partial charge in [-0.1, -0.05) is 25.1 Å². The molecule has 1 N–H and O–H groups in total. The van der Waals surface area contributed by atoms with Crippen molar-refractivity contribution >= 4 is 5.69 Å². The highest BCUT2D eigenvalue weighted by atomic mass is 16.5. The van der Waals surface area contributed by atoms with Crippen molar-refractivity contribution in [1.29, 1.82) is 0 Å². The van der Waals surface area contributed by atoms with Crippen LogP contribution in [0.4, 0.5) is 5.69 Å². The third-order valence-corrected chi connectivity index (χ3v) is 2.50. The summed E-state index contributed by atoms with van der Waals surface area (Å²) in [4.78, 5) is 0. The second-order valence-corrected chi connectivity index (χ2v) is 3.94. The van der Waals surface area contributed by atoms with Crippen LogP contribution in [0.5, 0.6) is 0 Å². The Morgan fingerprint density at radius 1 is 1.12 bits per heavy atom. The molecular formula is C14H23NO2. The zero-order valence-electron chi connectivity index (χ0n) is 10.9. The zero-order chi connectivity index (χ0) is 12.3. The van der Waals surface area contributed by atoms with E-state index in [9.17, 15) is 0 Å². The molecule has 0 aliphatic carbocycles. The van der Waals surface area contributed by atoms with Crippen LogP contribution in [0.3, 0.4) is 0 Å². The highest BCUT2D eigenvalue weighted by molar-refractivity contribution is 5.51. The molecule has 1 rings (SSSR count). The van der Waals surface area contributed by atoms with Crippen LogP contribution < -0.4 is 5.32 Å². The van der Waals surface area contributed by atoms with Crippen molar-refractivity contribution in [3.63, 3.8) is 0 Å². The second-order valence-electron chi connectivity index (χ2n) is 3.94. The van der Waals surface area contributed by atoms with Crippen LogP contribution >= 0.6 is 0 Å². The first-order chi connectivity index (χ1) is 8.38. The lowest BCUT2D eigenvalue weighted by molar-refractivity contribution is 0.144. The van der Waals surface area contributed by atoms with E-state index in [2.05, 4.69) is 30.4 Å². The minimum Gasteiger partial charge on any atom is -0.384 e. The molecule has 0 aliphatic heterocycles. The minimum absolute atomic E-state index is 0.755. The number of hydrogen-bond acceptors (Lipinski definition) is 3. The predicted octanol–water partition coefficient (Wildman–Crippen LogP) is 2.71. The number of methoxy groups -OCH3 is 1. The largest absolute Gasteiger partial charge is 0.384 e. The number of anilines is 1. The van der Waals surface area contributed by atoms with E-state index in [0.717, 1.165) is 39.2 Å². The van der Waals surface area contributed by atoms with E-state index in [1.807, 2.05) is 6.07 Å². The molecule has 0 spiro atoms. The Bertz CT molecular complexity index is 302. The molecule has 0 amide bonds. The summed E-state index contributed by atoms with van der Waals surface area (Å²) in [5.41, 5.74) is 2.48. The molecule has 0 atom stereocenters. The van der Waals surface area contributed by atoms with Gasteiger partial charge in [0.1, 0.15) is 0 Å². The molecule has 0 unspecified atom stereocenters. The quantitative estimate of drug-likeness (QED) is 0.670. The van der Waals surface area contributed by atoms with Crippen molar-refractivity contribution in [2.24, 2.45) is 0 Å². The van der Waals surface area contributed by atoms with Crippen LogP contribution in [0, 0.1) is 0 Å². The molecule has 0 fully saturated rings. The Morgan fingerprint density at radius 2 is 1.94 bits per heavy atom. The zero-order valence-corrected chi connectivity index (χ0v) is 10.9. The van der Waals surface area contributed by atoms with Crippen LogP contribution in [0.1, 0.15) is 18.9 Å². The minimum atomic E-state index is 0.755. The van der Waals surface area contributed by atoms with Crippen molar-refractivity contribution in [3.8, 4) is 0 Å². The average molecular weight is 237 g/mol. The molecule has 3 nitrogen and oxygen atoms in total. The molecule has 1 aromatic carbocycles. The third kappa shape index (κ3) is 5.71. The van der Waals surface area contributed by atoms with Gasteiger partial charge in [0, 0.05) is 25.9 Å². The lowest BCUT2D eigenvalue weighted by Crippen LogP contribution is -2.11. The van der Waals surface area contributed by atoms with Crippen LogP contribution in [0.25, 0.3) is 0 Å². The number of nitrogens with one attached hydrogen (secondary N) is 1. The summed E-state index contributed by atoms with van der Waals surface area (Å²) in [6, 6.07) is 8.34. The second kappa shape index (κ2) is 9.02. The van der Waals surface area contributed by atoms with Gasteiger partial charge in [-0.3, -0.25) is 0 Å². The van der Waals surface area contributed by atoms with Gasteiger partial charge in [-0.15, -0.1) is 0 Å². The van der Waals surface area contributed by atoms with Gasteiger partial charge in [-0.25, -0.2) is 0 Å². The first kappa shape index (κ1) is 14.0. The van der Waals surface area contributed by atoms with Crippen molar-refractivity contribution < 1.29 is 9.47 Å². The lowest BCUT2D eigenvalue weighted by Gasteiger charge is -2.11. The number of para-hydroxylation sites is 1. The summed E-state index contributed by atoms with van der Waals surface area (Å²) in [5.74, 6) is 0. The van der Waals surface area contributed by atoms with Gasteiger partial charge >= 0.3 is 0 Å². The standard InChI is InChI=1S/C14H23NO2/c1-3-10-17-12-9-15-14-7-5-4-6-13(14)8-11-16-2/h4-7,15H,3,8-12H2,1-2H3. The molecule has 0 aromatic heterocycles. The van der Waals surface area contributed by atoms with E-state index in [1.165, 1.54) is 11.3 Å². The molecule has 96 valence electrons. The van der Waals surface area contributed by atoms with Crippen molar-refractivity contribution in [2.45, 2.75) is 19.8 Å². The maximum atomic E-state index is 5.44. The van der Waals surface area contributed by atoms with Gasteiger partial charge in [0.25, 0.3) is 0 Å². The normalized spacial score (nSPS) is 10.5. The Labute approximate surface area is 104 Å². The first-order valence-electron chi connectivity index (χ1n) is 6.27. The van der Waals surface area contributed by atoms with Crippen molar-refractivity contribution in [2.75, 3.05) is 38.8 Å². The highest BCUT2D eigenvalue weighted by Gasteiger charge is 2.00. The summed E-state index contributed by atoms with van der Waals surface area (Å²) in [6.07, 6.45) is 2.01. The molecule has 3 heteroatoms. The fourth-order valence-corrected chi connectivity index (χ4v) is 1.63. The van der Waals surface area contributed by atoms with E-state index in [1.54, 1.807) is 7.11 Å². The molecule has 0 heterocycles. The summed E-state index contributed by atoms with van der Waals surface area (Å²) >= 11 is 0. The Balaban J connectivity index is 2.35. The van der Waals surface area contributed by atoms with Gasteiger partial charge < -0.3 is 14.8 Å². The number of benzene rings is 1. The fraction of sp³-hybridized carbons (Fsp3) is 0.571. The first-order valence-corrected chi connectivity index (χ1v) is 6.27.